The van der Waals surface area contributed by atoms with Gasteiger partial charge in [-0.3, -0.25) is 4.79 Å². The number of aryl methyl sites for hydroxylation is 1. The van der Waals surface area contributed by atoms with Gasteiger partial charge < -0.3 is 15.0 Å². The maximum absolute atomic E-state index is 13.6. The van der Waals surface area contributed by atoms with Gasteiger partial charge in [-0.05, 0) is 31.7 Å². The SMILES string of the molecule is CCC(C)(C)C(=O)N1CC(Oc2cc(NC3CCC(F)(F)CC3)nc(-n3cc(C)c(CF)n3)n2)C1. The highest BCUT2D eigenvalue weighted by Crippen LogP contribution is 2.34. The fourth-order valence-corrected chi connectivity index (χ4v) is 4.20. The first kappa shape index (κ1) is 25.2. The van der Waals surface area contributed by atoms with Gasteiger partial charge in [0.15, 0.2) is 0 Å². The van der Waals surface area contributed by atoms with Crippen LogP contribution in [0.2, 0.25) is 0 Å². The minimum Gasteiger partial charge on any atom is -0.470 e. The minimum atomic E-state index is -2.63. The van der Waals surface area contributed by atoms with E-state index in [1.807, 2.05) is 20.8 Å². The van der Waals surface area contributed by atoms with E-state index >= 15 is 0 Å². The van der Waals surface area contributed by atoms with Crippen LogP contribution in [-0.4, -0.2) is 61.7 Å². The molecule has 0 radical (unpaired) electrons. The summed E-state index contributed by atoms with van der Waals surface area (Å²) >= 11 is 0. The summed E-state index contributed by atoms with van der Waals surface area (Å²) in [5, 5.41) is 7.44. The lowest BCUT2D eigenvalue weighted by atomic mass is 9.87. The van der Waals surface area contributed by atoms with Crippen molar-refractivity contribution < 1.29 is 22.7 Å². The lowest BCUT2D eigenvalue weighted by Gasteiger charge is -2.42. The molecule has 0 atom stereocenters. The highest BCUT2D eigenvalue weighted by Gasteiger charge is 2.39. The smallest absolute Gasteiger partial charge is 0.255 e. The maximum Gasteiger partial charge on any atom is 0.255 e. The maximum atomic E-state index is 13.6. The standard InChI is InChI=1S/C24H33F3N6O2/c1-5-23(3,4)21(34)32-13-17(14-32)35-20-10-19(28-16-6-8-24(26,27)9-7-16)29-22(30-20)33-12-15(2)18(11-25)31-33/h10,12,16-17H,5-9,11,13-14H2,1-4H3,(H,28,29,30). The molecule has 1 aliphatic carbocycles. The van der Waals surface area contributed by atoms with Crippen molar-refractivity contribution >= 4 is 11.7 Å². The van der Waals surface area contributed by atoms with Crippen molar-refractivity contribution in [1.82, 2.24) is 24.6 Å². The van der Waals surface area contributed by atoms with E-state index in [0.717, 1.165) is 6.42 Å². The van der Waals surface area contributed by atoms with E-state index in [1.165, 1.54) is 4.68 Å². The molecule has 1 amide bonds. The lowest BCUT2D eigenvalue weighted by molar-refractivity contribution is -0.149. The summed E-state index contributed by atoms with van der Waals surface area (Å²) in [6.45, 7) is 7.79. The Morgan fingerprint density at radius 2 is 1.94 bits per heavy atom. The molecule has 35 heavy (non-hydrogen) atoms. The van der Waals surface area contributed by atoms with Gasteiger partial charge >= 0.3 is 0 Å². The molecule has 2 aromatic heterocycles. The summed E-state index contributed by atoms with van der Waals surface area (Å²) < 4.78 is 47.8. The van der Waals surface area contributed by atoms with Crippen molar-refractivity contribution in [1.29, 1.82) is 0 Å². The first-order valence-corrected chi connectivity index (χ1v) is 12.1. The number of aromatic nitrogens is 4. The van der Waals surface area contributed by atoms with Crippen molar-refractivity contribution in [3.63, 3.8) is 0 Å². The second-order valence-corrected chi connectivity index (χ2v) is 10.2. The summed E-state index contributed by atoms with van der Waals surface area (Å²) in [7, 11) is 0. The predicted molar refractivity (Wildman–Crippen MR) is 125 cm³/mol. The number of rotatable bonds is 8. The Labute approximate surface area is 203 Å². The Hall–Kier alpha value is -2.85. The second kappa shape index (κ2) is 9.66. The van der Waals surface area contributed by atoms with Crippen LogP contribution in [0.4, 0.5) is 19.0 Å². The van der Waals surface area contributed by atoms with Crippen LogP contribution >= 0.6 is 0 Å². The summed E-state index contributed by atoms with van der Waals surface area (Å²) in [6, 6.07) is 1.47. The first-order valence-electron chi connectivity index (χ1n) is 12.1. The van der Waals surface area contributed by atoms with Crippen molar-refractivity contribution in [3.05, 3.63) is 23.5 Å². The molecule has 2 aliphatic rings. The van der Waals surface area contributed by atoms with E-state index < -0.39 is 18.0 Å². The van der Waals surface area contributed by atoms with Crippen molar-refractivity contribution in [2.75, 3.05) is 18.4 Å². The number of hydrogen-bond donors (Lipinski definition) is 1. The minimum absolute atomic E-state index is 0.0884. The van der Waals surface area contributed by atoms with Crippen LogP contribution in [0, 0.1) is 12.3 Å². The second-order valence-electron chi connectivity index (χ2n) is 10.2. The third-order valence-electron chi connectivity index (χ3n) is 6.98. The van der Waals surface area contributed by atoms with Crippen LogP contribution < -0.4 is 10.1 Å². The third kappa shape index (κ3) is 5.70. The fraction of sp³-hybridized carbons (Fsp3) is 0.667. The Morgan fingerprint density at radius 1 is 1.26 bits per heavy atom. The molecule has 0 bridgehead atoms. The molecule has 1 saturated carbocycles. The third-order valence-corrected chi connectivity index (χ3v) is 6.98. The number of amides is 1. The van der Waals surface area contributed by atoms with Gasteiger partial charge in [-0.15, -0.1) is 0 Å². The zero-order valence-corrected chi connectivity index (χ0v) is 20.7. The van der Waals surface area contributed by atoms with Gasteiger partial charge in [0.2, 0.25) is 17.7 Å². The molecule has 0 aromatic carbocycles. The number of carbonyl (C=O) groups is 1. The number of alkyl halides is 3. The number of carbonyl (C=O) groups excluding carboxylic acids is 1. The molecular weight excluding hydrogens is 461 g/mol. The van der Waals surface area contributed by atoms with Crippen LogP contribution in [0.15, 0.2) is 12.3 Å². The zero-order valence-electron chi connectivity index (χ0n) is 20.7. The fourth-order valence-electron chi connectivity index (χ4n) is 4.20. The number of halogens is 3. The van der Waals surface area contributed by atoms with E-state index in [1.54, 1.807) is 24.1 Å². The highest BCUT2D eigenvalue weighted by molar-refractivity contribution is 5.82. The summed E-state index contributed by atoms with van der Waals surface area (Å²) in [4.78, 5) is 23.3. The number of hydrogen-bond acceptors (Lipinski definition) is 6. The van der Waals surface area contributed by atoms with Crippen LogP contribution in [0.5, 0.6) is 5.88 Å². The van der Waals surface area contributed by atoms with Gasteiger partial charge in [-0.25, -0.2) is 17.9 Å². The predicted octanol–water partition coefficient (Wildman–Crippen LogP) is 4.46. The summed E-state index contributed by atoms with van der Waals surface area (Å²) in [5.74, 6) is -1.65. The van der Waals surface area contributed by atoms with Gasteiger partial charge in [-0.2, -0.15) is 15.1 Å². The largest absolute Gasteiger partial charge is 0.470 e. The van der Waals surface area contributed by atoms with E-state index in [-0.39, 0.29) is 48.4 Å². The highest BCUT2D eigenvalue weighted by atomic mass is 19.3. The lowest BCUT2D eigenvalue weighted by Crippen LogP contribution is -2.59. The molecule has 4 rings (SSSR count). The Balaban J connectivity index is 1.51. The van der Waals surface area contributed by atoms with E-state index in [2.05, 4.69) is 20.4 Å². The van der Waals surface area contributed by atoms with E-state index in [9.17, 15) is 18.0 Å². The molecule has 192 valence electrons. The van der Waals surface area contributed by atoms with Crippen molar-refractivity contribution in [2.24, 2.45) is 5.41 Å². The molecule has 1 saturated heterocycles. The van der Waals surface area contributed by atoms with Gasteiger partial charge in [0.25, 0.3) is 5.95 Å². The summed E-state index contributed by atoms with van der Waals surface area (Å²) in [5.41, 5.74) is 0.529. The average molecular weight is 495 g/mol. The van der Waals surface area contributed by atoms with Gasteiger partial charge in [-0.1, -0.05) is 20.8 Å². The molecule has 2 aromatic rings. The van der Waals surface area contributed by atoms with Crippen LogP contribution in [-0.2, 0) is 11.5 Å². The quantitative estimate of drug-likeness (QED) is 0.584. The number of nitrogens with zero attached hydrogens (tertiary/aromatic N) is 5. The number of anilines is 1. The molecule has 1 aliphatic heterocycles. The van der Waals surface area contributed by atoms with Gasteiger partial charge in [0, 0.05) is 36.6 Å². The van der Waals surface area contributed by atoms with Crippen LogP contribution in [0.25, 0.3) is 5.95 Å². The van der Waals surface area contributed by atoms with Gasteiger partial charge in [0.05, 0.1) is 18.8 Å². The normalized spacial score (nSPS) is 18.9. The number of nitrogens with one attached hydrogen (secondary N) is 1. The van der Waals surface area contributed by atoms with Crippen molar-refractivity contribution in [3.8, 4) is 11.8 Å². The first-order chi connectivity index (χ1) is 16.5. The molecular formula is C24H33F3N6O2. The molecule has 0 unspecified atom stereocenters. The Bertz CT molecular complexity index is 1060. The molecule has 8 nitrogen and oxygen atoms in total. The van der Waals surface area contributed by atoms with Gasteiger partial charge in [0.1, 0.15) is 18.6 Å². The Morgan fingerprint density at radius 3 is 2.54 bits per heavy atom. The number of likely N-dealkylation sites (tertiary alicyclic amines) is 1. The molecule has 2 fully saturated rings. The molecule has 1 N–H and O–H groups in total. The zero-order chi connectivity index (χ0) is 25.4. The topological polar surface area (TPSA) is 85.2 Å². The molecule has 0 spiro atoms. The van der Waals surface area contributed by atoms with E-state index in [4.69, 9.17) is 4.74 Å². The molecule has 11 heteroatoms. The number of ether oxygens (including phenoxy) is 1. The van der Waals surface area contributed by atoms with Crippen LogP contribution in [0.1, 0.15) is 64.1 Å². The van der Waals surface area contributed by atoms with Crippen LogP contribution in [0.3, 0.4) is 0 Å². The summed E-state index contributed by atoms with van der Waals surface area (Å²) in [6.07, 6.45) is 2.45. The van der Waals surface area contributed by atoms with Crippen molar-refractivity contribution in [2.45, 2.75) is 84.5 Å². The molecule has 3 heterocycles. The average Bonchev–Trinajstić information content (AvgIpc) is 3.17. The van der Waals surface area contributed by atoms with E-state index in [0.29, 0.717) is 37.3 Å². The monoisotopic (exact) mass is 494 g/mol. The Kier molecular flexibility index (Phi) is 6.97.